The number of aryl methyl sites for hydroxylation is 1. The molecule has 1 aromatic carbocycles. The second-order valence-electron chi connectivity index (χ2n) is 4.10. The Balaban J connectivity index is 2.06. The molecule has 1 heterocycles. The molecule has 0 spiro atoms. The maximum absolute atomic E-state index is 5.72. The van der Waals surface area contributed by atoms with Crippen molar-refractivity contribution in [3.8, 4) is 11.5 Å². The van der Waals surface area contributed by atoms with E-state index in [1.54, 1.807) is 0 Å². The molecule has 2 rings (SSSR count). The van der Waals surface area contributed by atoms with E-state index in [-0.39, 0.29) is 12.3 Å². The van der Waals surface area contributed by atoms with E-state index < -0.39 is 0 Å². The molecule has 15 heavy (non-hydrogen) atoms. The lowest BCUT2D eigenvalue weighted by atomic mass is 10.1. The first-order chi connectivity index (χ1) is 7.15. The van der Waals surface area contributed by atoms with Crippen molar-refractivity contribution >= 4 is 0 Å². The number of benzene rings is 1. The zero-order valence-corrected chi connectivity index (χ0v) is 9.19. The van der Waals surface area contributed by atoms with Gasteiger partial charge in [-0.2, -0.15) is 0 Å². The van der Waals surface area contributed by atoms with Crippen LogP contribution in [0.1, 0.15) is 25.8 Å². The fraction of sp³-hybridized carbons (Fsp3) is 0.500. The summed E-state index contributed by atoms with van der Waals surface area (Å²) in [5.41, 5.74) is 6.97. The predicted molar refractivity (Wildman–Crippen MR) is 59.1 cm³/mol. The van der Waals surface area contributed by atoms with Gasteiger partial charge in [-0.25, -0.2) is 0 Å². The molecule has 2 N–H and O–H groups in total. The summed E-state index contributed by atoms with van der Waals surface area (Å²) in [6.45, 7) is 3.91. The van der Waals surface area contributed by atoms with Crippen molar-refractivity contribution < 1.29 is 9.47 Å². The van der Waals surface area contributed by atoms with Gasteiger partial charge in [-0.05, 0) is 37.5 Å². The molecule has 0 fully saturated rings. The highest BCUT2D eigenvalue weighted by Crippen LogP contribution is 2.35. The highest BCUT2D eigenvalue weighted by molar-refractivity contribution is 5.44. The molecule has 1 aromatic rings. The summed E-state index contributed by atoms with van der Waals surface area (Å²) in [6, 6.07) is 6.33. The maximum Gasteiger partial charge on any atom is 0.238 e. The third-order valence-electron chi connectivity index (χ3n) is 2.48. The first-order valence-corrected chi connectivity index (χ1v) is 5.37. The molecule has 0 saturated carbocycles. The van der Waals surface area contributed by atoms with Crippen LogP contribution in [0.4, 0.5) is 0 Å². The molecule has 0 aromatic heterocycles. The SMILES string of the molecule is CC1Oc2ccc(CC[C@@H](C)N)cc2O1. The van der Waals surface area contributed by atoms with E-state index in [2.05, 4.69) is 6.07 Å². The molecule has 1 unspecified atom stereocenters. The molecule has 82 valence electrons. The van der Waals surface area contributed by atoms with E-state index in [1.165, 1.54) is 5.56 Å². The smallest absolute Gasteiger partial charge is 0.238 e. The Hall–Kier alpha value is -1.22. The zero-order valence-electron chi connectivity index (χ0n) is 9.19. The molecule has 1 aliphatic rings. The van der Waals surface area contributed by atoms with Gasteiger partial charge in [0.25, 0.3) is 0 Å². The molecular formula is C12H17NO2. The number of hydrogen-bond donors (Lipinski definition) is 1. The van der Waals surface area contributed by atoms with Crippen molar-refractivity contribution in [1.29, 1.82) is 0 Å². The summed E-state index contributed by atoms with van der Waals surface area (Å²) >= 11 is 0. The van der Waals surface area contributed by atoms with Crippen molar-refractivity contribution in [2.45, 2.75) is 39.0 Å². The van der Waals surface area contributed by atoms with Crippen molar-refractivity contribution in [1.82, 2.24) is 0 Å². The minimum atomic E-state index is -0.163. The third kappa shape index (κ3) is 2.42. The van der Waals surface area contributed by atoms with Crippen molar-refractivity contribution in [2.75, 3.05) is 0 Å². The molecule has 0 bridgehead atoms. The van der Waals surface area contributed by atoms with Crippen LogP contribution >= 0.6 is 0 Å². The van der Waals surface area contributed by atoms with E-state index in [9.17, 15) is 0 Å². The van der Waals surface area contributed by atoms with Crippen LogP contribution in [0.2, 0.25) is 0 Å². The van der Waals surface area contributed by atoms with Gasteiger partial charge in [0.15, 0.2) is 11.5 Å². The first-order valence-electron chi connectivity index (χ1n) is 5.37. The lowest BCUT2D eigenvalue weighted by molar-refractivity contribution is 0.0678. The van der Waals surface area contributed by atoms with Crippen LogP contribution in [0.25, 0.3) is 0 Å². The van der Waals surface area contributed by atoms with Gasteiger partial charge in [0, 0.05) is 13.0 Å². The largest absolute Gasteiger partial charge is 0.451 e. The highest BCUT2D eigenvalue weighted by Gasteiger charge is 2.19. The van der Waals surface area contributed by atoms with Crippen LogP contribution in [0, 0.1) is 0 Å². The Kier molecular flexibility index (Phi) is 2.82. The van der Waals surface area contributed by atoms with Crippen LogP contribution in [-0.4, -0.2) is 12.3 Å². The summed E-state index contributed by atoms with van der Waals surface area (Å²) in [5.74, 6) is 1.69. The molecule has 0 amide bonds. The van der Waals surface area contributed by atoms with E-state index in [0.29, 0.717) is 0 Å². The summed E-state index contributed by atoms with van der Waals surface area (Å²) in [7, 11) is 0. The van der Waals surface area contributed by atoms with Crippen LogP contribution in [0.5, 0.6) is 11.5 Å². The maximum atomic E-state index is 5.72. The summed E-state index contributed by atoms with van der Waals surface area (Å²) < 4.78 is 10.9. The van der Waals surface area contributed by atoms with Gasteiger partial charge in [-0.15, -0.1) is 0 Å². The lowest BCUT2D eigenvalue weighted by Crippen LogP contribution is -2.15. The standard InChI is InChI=1S/C12H17NO2/c1-8(13)3-4-10-5-6-11-12(7-10)15-9(2)14-11/h5-9H,3-4,13H2,1-2H3/t8-,9?/m1/s1. The minimum absolute atomic E-state index is 0.163. The van der Waals surface area contributed by atoms with E-state index in [4.69, 9.17) is 15.2 Å². The molecule has 0 aliphatic carbocycles. The minimum Gasteiger partial charge on any atom is -0.451 e. The summed E-state index contributed by atoms with van der Waals surface area (Å²) in [4.78, 5) is 0. The number of nitrogens with two attached hydrogens (primary N) is 1. The molecule has 0 saturated heterocycles. The zero-order chi connectivity index (χ0) is 10.8. The molecule has 1 aliphatic heterocycles. The van der Waals surface area contributed by atoms with Crippen molar-refractivity contribution in [3.05, 3.63) is 23.8 Å². The van der Waals surface area contributed by atoms with Gasteiger partial charge in [0.05, 0.1) is 0 Å². The third-order valence-corrected chi connectivity index (χ3v) is 2.48. The fourth-order valence-electron chi connectivity index (χ4n) is 1.67. The number of ether oxygens (including phenoxy) is 2. The van der Waals surface area contributed by atoms with Gasteiger partial charge in [-0.3, -0.25) is 0 Å². The number of rotatable bonds is 3. The van der Waals surface area contributed by atoms with Crippen LogP contribution in [-0.2, 0) is 6.42 Å². The quantitative estimate of drug-likeness (QED) is 0.825. The molecule has 2 atom stereocenters. The van der Waals surface area contributed by atoms with Gasteiger partial charge < -0.3 is 15.2 Å². The Labute approximate surface area is 90.2 Å². The lowest BCUT2D eigenvalue weighted by Gasteiger charge is -2.05. The second kappa shape index (κ2) is 4.11. The van der Waals surface area contributed by atoms with E-state index in [1.807, 2.05) is 26.0 Å². The molecular weight excluding hydrogens is 190 g/mol. The predicted octanol–water partition coefficient (Wildman–Crippen LogP) is 2.08. The van der Waals surface area contributed by atoms with Crippen LogP contribution in [0.3, 0.4) is 0 Å². The molecule has 3 heteroatoms. The van der Waals surface area contributed by atoms with Gasteiger partial charge in [0.2, 0.25) is 6.29 Å². The molecule has 3 nitrogen and oxygen atoms in total. The average Bonchev–Trinajstić information content (AvgIpc) is 2.53. The second-order valence-corrected chi connectivity index (χ2v) is 4.10. The van der Waals surface area contributed by atoms with E-state index >= 15 is 0 Å². The van der Waals surface area contributed by atoms with Crippen molar-refractivity contribution in [3.63, 3.8) is 0 Å². The van der Waals surface area contributed by atoms with E-state index in [0.717, 1.165) is 24.3 Å². The monoisotopic (exact) mass is 207 g/mol. The first kappa shape index (κ1) is 10.3. The van der Waals surface area contributed by atoms with Crippen LogP contribution in [0.15, 0.2) is 18.2 Å². The molecule has 0 radical (unpaired) electrons. The summed E-state index contributed by atoms with van der Waals surface area (Å²) in [6.07, 6.45) is 1.82. The van der Waals surface area contributed by atoms with Gasteiger partial charge in [-0.1, -0.05) is 6.07 Å². The Bertz CT molecular complexity index is 349. The Morgan fingerprint density at radius 2 is 2.07 bits per heavy atom. The number of hydrogen-bond acceptors (Lipinski definition) is 3. The van der Waals surface area contributed by atoms with Gasteiger partial charge >= 0.3 is 0 Å². The Morgan fingerprint density at radius 3 is 2.80 bits per heavy atom. The average molecular weight is 207 g/mol. The number of fused-ring (bicyclic) bond motifs is 1. The fourth-order valence-corrected chi connectivity index (χ4v) is 1.67. The van der Waals surface area contributed by atoms with Crippen molar-refractivity contribution in [2.24, 2.45) is 5.73 Å². The highest BCUT2D eigenvalue weighted by atomic mass is 16.7. The van der Waals surface area contributed by atoms with Crippen LogP contribution < -0.4 is 15.2 Å². The topological polar surface area (TPSA) is 44.5 Å². The van der Waals surface area contributed by atoms with Gasteiger partial charge in [0.1, 0.15) is 0 Å². The summed E-state index contributed by atoms with van der Waals surface area (Å²) in [5, 5.41) is 0. The Morgan fingerprint density at radius 1 is 1.33 bits per heavy atom. The normalized spacial score (nSPS) is 20.3.